The molecule has 3 atom stereocenters. The number of hydrogen-bond donors (Lipinski definition) is 0. The van der Waals surface area contributed by atoms with Crippen molar-refractivity contribution in [1.29, 1.82) is 0 Å². The zero-order valence-corrected chi connectivity index (χ0v) is 7.17. The third-order valence-corrected chi connectivity index (χ3v) is 3.13. The van der Waals surface area contributed by atoms with Crippen molar-refractivity contribution in [2.75, 3.05) is 13.6 Å². The van der Waals surface area contributed by atoms with Crippen LogP contribution in [-0.4, -0.2) is 24.5 Å². The summed E-state index contributed by atoms with van der Waals surface area (Å²) in [6, 6.07) is 0.907. The SMILES string of the molecule is CC(C)[C@@H]1[C@H]2C[C@H]2CN1C. The largest absolute Gasteiger partial charge is 0.303 e. The van der Waals surface area contributed by atoms with Gasteiger partial charge in [0, 0.05) is 12.6 Å². The van der Waals surface area contributed by atoms with E-state index in [1.807, 2.05) is 0 Å². The molecule has 1 heterocycles. The van der Waals surface area contributed by atoms with E-state index in [2.05, 4.69) is 25.8 Å². The van der Waals surface area contributed by atoms with Crippen LogP contribution >= 0.6 is 0 Å². The van der Waals surface area contributed by atoms with Crippen molar-refractivity contribution >= 4 is 0 Å². The molecule has 0 N–H and O–H groups in total. The normalized spacial score (nSPS) is 46.2. The van der Waals surface area contributed by atoms with Gasteiger partial charge in [-0.15, -0.1) is 0 Å². The van der Waals surface area contributed by atoms with Crippen LogP contribution in [0.25, 0.3) is 0 Å². The van der Waals surface area contributed by atoms with Crippen molar-refractivity contribution < 1.29 is 0 Å². The quantitative estimate of drug-likeness (QED) is 0.533. The minimum absolute atomic E-state index is 0.863. The van der Waals surface area contributed by atoms with Crippen molar-refractivity contribution in [3.05, 3.63) is 0 Å². The molecule has 0 aromatic rings. The van der Waals surface area contributed by atoms with E-state index in [9.17, 15) is 0 Å². The second kappa shape index (κ2) is 1.97. The number of piperidine rings is 1. The molecule has 2 rings (SSSR count). The molecule has 1 nitrogen and oxygen atoms in total. The van der Waals surface area contributed by atoms with E-state index in [-0.39, 0.29) is 0 Å². The Morgan fingerprint density at radius 1 is 1.40 bits per heavy atom. The summed E-state index contributed by atoms with van der Waals surface area (Å²) in [5, 5.41) is 0. The lowest BCUT2D eigenvalue weighted by Gasteiger charge is -2.26. The number of fused-ring (bicyclic) bond motifs is 1. The molecule has 2 fully saturated rings. The molecule has 0 aromatic heterocycles. The van der Waals surface area contributed by atoms with Gasteiger partial charge in [0.15, 0.2) is 0 Å². The standard InChI is InChI=1S/C9H17N/c1-6(2)9-8-4-7(8)5-10(9)3/h6-9H,4-5H2,1-3H3/t7-,8-,9+/m0/s1. The highest BCUT2D eigenvalue weighted by atomic mass is 15.2. The molecule has 0 bridgehead atoms. The topological polar surface area (TPSA) is 3.24 Å². The molecule has 1 saturated carbocycles. The summed E-state index contributed by atoms with van der Waals surface area (Å²) in [4.78, 5) is 2.55. The average molecular weight is 139 g/mol. The Labute approximate surface area is 63.4 Å². The van der Waals surface area contributed by atoms with Crippen LogP contribution in [0.4, 0.5) is 0 Å². The molecule has 58 valence electrons. The fraction of sp³-hybridized carbons (Fsp3) is 1.00. The Morgan fingerprint density at radius 2 is 2.10 bits per heavy atom. The van der Waals surface area contributed by atoms with Crippen molar-refractivity contribution in [3.63, 3.8) is 0 Å². The molecule has 10 heavy (non-hydrogen) atoms. The Morgan fingerprint density at radius 3 is 2.40 bits per heavy atom. The molecule has 0 radical (unpaired) electrons. The van der Waals surface area contributed by atoms with Crippen LogP contribution < -0.4 is 0 Å². The van der Waals surface area contributed by atoms with Crippen LogP contribution in [0.1, 0.15) is 20.3 Å². The van der Waals surface area contributed by atoms with Gasteiger partial charge in [0.2, 0.25) is 0 Å². The van der Waals surface area contributed by atoms with Gasteiger partial charge in [0.05, 0.1) is 0 Å². The number of hydrogen-bond acceptors (Lipinski definition) is 1. The number of rotatable bonds is 1. The summed E-state index contributed by atoms with van der Waals surface area (Å²) in [6.45, 7) is 6.07. The fourth-order valence-electron chi connectivity index (χ4n) is 2.72. The Kier molecular flexibility index (Phi) is 1.31. The van der Waals surface area contributed by atoms with Gasteiger partial charge in [-0.1, -0.05) is 13.8 Å². The van der Waals surface area contributed by atoms with Crippen molar-refractivity contribution in [3.8, 4) is 0 Å². The summed E-state index contributed by atoms with van der Waals surface area (Å²) in [5.41, 5.74) is 0. The van der Waals surface area contributed by atoms with Crippen LogP contribution in [0.5, 0.6) is 0 Å². The van der Waals surface area contributed by atoms with Gasteiger partial charge in [-0.2, -0.15) is 0 Å². The molecule has 0 aromatic carbocycles. The molecule has 1 aliphatic carbocycles. The fourth-order valence-corrected chi connectivity index (χ4v) is 2.72. The Bertz CT molecular complexity index is 140. The molecule has 1 saturated heterocycles. The zero-order valence-electron chi connectivity index (χ0n) is 7.17. The van der Waals surface area contributed by atoms with Crippen LogP contribution in [0.2, 0.25) is 0 Å². The monoisotopic (exact) mass is 139 g/mol. The molecule has 2 aliphatic rings. The highest BCUT2D eigenvalue weighted by Crippen LogP contribution is 2.50. The van der Waals surface area contributed by atoms with Crippen LogP contribution in [0.15, 0.2) is 0 Å². The average Bonchev–Trinajstić information content (AvgIpc) is 2.42. The van der Waals surface area contributed by atoms with Gasteiger partial charge in [-0.05, 0) is 31.2 Å². The zero-order chi connectivity index (χ0) is 7.30. The number of nitrogens with zero attached hydrogens (tertiary/aromatic N) is 1. The Balaban J connectivity index is 2.05. The highest BCUT2D eigenvalue weighted by Gasteiger charge is 2.51. The van der Waals surface area contributed by atoms with Crippen molar-refractivity contribution in [2.24, 2.45) is 17.8 Å². The van der Waals surface area contributed by atoms with E-state index in [4.69, 9.17) is 0 Å². The molecular formula is C9H17N. The summed E-state index contributed by atoms with van der Waals surface area (Å²) in [5.74, 6) is 3.02. The third-order valence-electron chi connectivity index (χ3n) is 3.13. The molecule has 1 aliphatic heterocycles. The maximum Gasteiger partial charge on any atom is 0.0147 e. The van der Waals surface area contributed by atoms with E-state index >= 15 is 0 Å². The molecule has 0 spiro atoms. The molecule has 0 unspecified atom stereocenters. The molecule has 1 heteroatoms. The first-order valence-electron chi connectivity index (χ1n) is 4.40. The summed E-state index contributed by atoms with van der Waals surface area (Å²) in [7, 11) is 2.27. The van der Waals surface area contributed by atoms with E-state index < -0.39 is 0 Å². The van der Waals surface area contributed by atoms with Gasteiger partial charge in [-0.3, -0.25) is 0 Å². The summed E-state index contributed by atoms with van der Waals surface area (Å²) < 4.78 is 0. The lowest BCUT2D eigenvalue weighted by atomic mass is 10.0. The van der Waals surface area contributed by atoms with E-state index in [0.29, 0.717) is 0 Å². The first-order chi connectivity index (χ1) is 4.70. The van der Waals surface area contributed by atoms with E-state index in [1.165, 1.54) is 13.0 Å². The first kappa shape index (κ1) is 6.66. The predicted octanol–water partition coefficient (Wildman–Crippen LogP) is 1.59. The predicted molar refractivity (Wildman–Crippen MR) is 42.9 cm³/mol. The van der Waals surface area contributed by atoms with Gasteiger partial charge >= 0.3 is 0 Å². The molecule has 0 amide bonds. The first-order valence-corrected chi connectivity index (χ1v) is 4.40. The lowest BCUT2D eigenvalue weighted by molar-refractivity contribution is 0.214. The Hall–Kier alpha value is -0.0400. The second-order valence-electron chi connectivity index (χ2n) is 4.33. The summed E-state index contributed by atoms with van der Waals surface area (Å²) >= 11 is 0. The second-order valence-corrected chi connectivity index (χ2v) is 4.33. The maximum absolute atomic E-state index is 2.55. The van der Waals surface area contributed by atoms with Crippen molar-refractivity contribution in [2.45, 2.75) is 26.3 Å². The summed E-state index contributed by atoms with van der Waals surface area (Å²) in [6.07, 6.45) is 1.52. The number of likely N-dealkylation sites (tertiary alicyclic amines) is 1. The van der Waals surface area contributed by atoms with E-state index in [1.54, 1.807) is 0 Å². The van der Waals surface area contributed by atoms with Crippen LogP contribution in [-0.2, 0) is 0 Å². The smallest absolute Gasteiger partial charge is 0.0147 e. The lowest BCUT2D eigenvalue weighted by Crippen LogP contribution is -2.33. The minimum Gasteiger partial charge on any atom is -0.303 e. The minimum atomic E-state index is 0.863. The van der Waals surface area contributed by atoms with Gasteiger partial charge in [0.25, 0.3) is 0 Å². The van der Waals surface area contributed by atoms with E-state index in [0.717, 1.165) is 23.8 Å². The third kappa shape index (κ3) is 0.800. The van der Waals surface area contributed by atoms with Crippen molar-refractivity contribution in [1.82, 2.24) is 4.90 Å². The van der Waals surface area contributed by atoms with Crippen LogP contribution in [0.3, 0.4) is 0 Å². The molecular weight excluding hydrogens is 122 g/mol. The highest BCUT2D eigenvalue weighted by molar-refractivity contribution is 5.03. The van der Waals surface area contributed by atoms with Gasteiger partial charge in [-0.25, -0.2) is 0 Å². The maximum atomic E-state index is 2.55. The van der Waals surface area contributed by atoms with Gasteiger partial charge < -0.3 is 4.90 Å². The van der Waals surface area contributed by atoms with Gasteiger partial charge in [0.1, 0.15) is 0 Å². The van der Waals surface area contributed by atoms with Crippen LogP contribution in [0, 0.1) is 17.8 Å².